The molecule has 0 spiro atoms. The lowest BCUT2D eigenvalue weighted by molar-refractivity contribution is -0.147. The van der Waals surface area contributed by atoms with Crippen molar-refractivity contribution in [3.05, 3.63) is 0 Å². The first kappa shape index (κ1) is 46.8. The van der Waals surface area contributed by atoms with E-state index >= 15 is 0 Å². The van der Waals surface area contributed by atoms with Crippen LogP contribution in [0.25, 0.3) is 0 Å². The van der Waals surface area contributed by atoms with Gasteiger partial charge in [0.05, 0.1) is 20.3 Å². The van der Waals surface area contributed by atoms with Crippen molar-refractivity contribution in [1.82, 2.24) is 21.3 Å². The van der Waals surface area contributed by atoms with E-state index in [1.165, 1.54) is 14.2 Å². The van der Waals surface area contributed by atoms with E-state index in [-0.39, 0.29) is 48.3 Å². The van der Waals surface area contributed by atoms with Crippen LogP contribution in [0, 0.1) is 35.5 Å². The van der Waals surface area contributed by atoms with Crippen LogP contribution in [0.2, 0.25) is 0 Å². The Kier molecular flexibility index (Phi) is 22.5. The van der Waals surface area contributed by atoms with E-state index in [0.717, 1.165) is 25.7 Å². The molecule has 0 heterocycles. The number of unbranched alkanes of at least 4 members (excludes halogenated alkanes) is 2. The van der Waals surface area contributed by atoms with Crippen LogP contribution < -0.4 is 21.3 Å². The SMILES string of the molecule is CCCC[C@@H](CC(O)C[C@H](CCCC)C(=O)N[C@H](C(=O)N[C@H](C(=O)OC)C(C)C)C(C)C)C(=O)N[C@H](C(=O)N[C@H](C(=O)OC)C(C)C)C(C)C. The molecule has 0 aromatic carbocycles. The second-order valence-corrected chi connectivity index (χ2v) is 14.8. The minimum absolute atomic E-state index is 0.0776. The lowest BCUT2D eigenvalue weighted by atomic mass is 9.87. The number of aliphatic hydroxyl groups is 1. The largest absolute Gasteiger partial charge is 0.467 e. The van der Waals surface area contributed by atoms with Crippen molar-refractivity contribution in [2.45, 2.75) is 151 Å². The Morgan fingerprint density at radius 2 is 0.780 bits per heavy atom. The van der Waals surface area contributed by atoms with E-state index in [2.05, 4.69) is 21.3 Å². The molecule has 0 radical (unpaired) electrons. The van der Waals surface area contributed by atoms with Crippen molar-refractivity contribution >= 4 is 35.6 Å². The average molecular weight is 713 g/mol. The lowest BCUT2D eigenvalue weighted by Gasteiger charge is -2.29. The Morgan fingerprint density at radius 1 is 0.500 bits per heavy atom. The average Bonchev–Trinajstić information content (AvgIpc) is 3.05. The Bertz CT molecular complexity index is 997. The summed E-state index contributed by atoms with van der Waals surface area (Å²) < 4.78 is 9.68. The number of rotatable bonds is 24. The molecule has 0 saturated heterocycles. The van der Waals surface area contributed by atoms with Crippen molar-refractivity contribution < 1.29 is 43.3 Å². The van der Waals surface area contributed by atoms with Gasteiger partial charge in [-0.25, -0.2) is 9.59 Å². The van der Waals surface area contributed by atoms with Crippen molar-refractivity contribution in [2.75, 3.05) is 14.2 Å². The first-order valence-electron chi connectivity index (χ1n) is 18.4. The molecule has 0 aromatic heterocycles. The fraction of sp³-hybridized carbons (Fsp3) is 0.838. The van der Waals surface area contributed by atoms with Gasteiger partial charge < -0.3 is 35.8 Å². The molecule has 0 aromatic rings. The van der Waals surface area contributed by atoms with Gasteiger partial charge in [0.25, 0.3) is 0 Å². The fourth-order valence-electron chi connectivity index (χ4n) is 5.71. The number of methoxy groups -OCH3 is 2. The highest BCUT2D eigenvalue weighted by molar-refractivity contribution is 5.92. The summed E-state index contributed by atoms with van der Waals surface area (Å²) in [6.07, 6.45) is 3.16. The van der Waals surface area contributed by atoms with Crippen LogP contribution >= 0.6 is 0 Å². The molecule has 13 heteroatoms. The van der Waals surface area contributed by atoms with E-state index < -0.39 is 65.9 Å². The van der Waals surface area contributed by atoms with Gasteiger partial charge in [0, 0.05) is 11.8 Å². The highest BCUT2D eigenvalue weighted by Crippen LogP contribution is 2.24. The summed E-state index contributed by atoms with van der Waals surface area (Å²) in [5, 5.41) is 22.5. The van der Waals surface area contributed by atoms with Crippen LogP contribution in [-0.4, -0.2) is 85.2 Å². The number of nitrogens with one attached hydrogen (secondary N) is 4. The molecule has 0 aliphatic rings. The van der Waals surface area contributed by atoms with Gasteiger partial charge >= 0.3 is 11.9 Å². The highest BCUT2D eigenvalue weighted by Gasteiger charge is 2.35. The monoisotopic (exact) mass is 712 g/mol. The number of esters is 2. The maximum atomic E-state index is 13.7. The first-order valence-corrected chi connectivity index (χ1v) is 18.4. The highest BCUT2D eigenvalue weighted by atomic mass is 16.5. The molecule has 50 heavy (non-hydrogen) atoms. The molecule has 0 bridgehead atoms. The van der Waals surface area contributed by atoms with E-state index in [1.807, 2.05) is 13.8 Å². The summed E-state index contributed by atoms with van der Waals surface area (Å²) in [4.78, 5) is 78.4. The molecule has 0 aliphatic carbocycles. The van der Waals surface area contributed by atoms with Crippen LogP contribution in [0.3, 0.4) is 0 Å². The third kappa shape index (κ3) is 16.2. The number of hydrogen-bond donors (Lipinski definition) is 5. The van der Waals surface area contributed by atoms with Crippen LogP contribution in [0.5, 0.6) is 0 Å². The Labute approximate surface area is 300 Å². The van der Waals surface area contributed by atoms with E-state index in [4.69, 9.17) is 9.47 Å². The van der Waals surface area contributed by atoms with Gasteiger partial charge in [-0.15, -0.1) is 0 Å². The molecule has 5 N–H and O–H groups in total. The number of carbonyl (C=O) groups excluding carboxylic acids is 6. The summed E-state index contributed by atoms with van der Waals surface area (Å²) in [6.45, 7) is 18.3. The van der Waals surface area contributed by atoms with Gasteiger partial charge in [0.1, 0.15) is 24.2 Å². The molecule has 0 rings (SSSR count). The van der Waals surface area contributed by atoms with Gasteiger partial charge in [-0.3, -0.25) is 19.2 Å². The predicted molar refractivity (Wildman–Crippen MR) is 192 cm³/mol. The Hall–Kier alpha value is -3.22. The Morgan fingerprint density at radius 3 is 1.02 bits per heavy atom. The Balaban J connectivity index is 5.96. The van der Waals surface area contributed by atoms with Gasteiger partial charge in [0.15, 0.2) is 0 Å². The second kappa shape index (κ2) is 24.1. The van der Waals surface area contributed by atoms with E-state index in [1.54, 1.807) is 55.4 Å². The second-order valence-electron chi connectivity index (χ2n) is 14.8. The smallest absolute Gasteiger partial charge is 0.328 e. The van der Waals surface area contributed by atoms with Gasteiger partial charge in [0.2, 0.25) is 23.6 Å². The number of amides is 4. The van der Waals surface area contributed by atoms with Crippen LogP contribution in [0.4, 0.5) is 0 Å². The molecule has 4 amide bonds. The molecular weight excluding hydrogens is 644 g/mol. The number of aliphatic hydroxyl groups excluding tert-OH is 1. The van der Waals surface area contributed by atoms with Gasteiger partial charge in [-0.1, -0.05) is 94.9 Å². The number of ether oxygens (including phenoxy) is 2. The van der Waals surface area contributed by atoms with Crippen LogP contribution in [-0.2, 0) is 38.2 Å². The quantitative estimate of drug-likeness (QED) is 0.0931. The topological polar surface area (TPSA) is 189 Å². The molecule has 0 fully saturated rings. The standard InChI is InChI=1S/C37H68N4O9/c1-13-15-17-25(32(43)38-28(21(3)4)34(45)40-30(23(7)8)36(47)49-11)19-27(42)20-26(18-16-14-2)33(44)39-29(22(5)6)35(46)41-31(24(9)10)37(48)50-12/h21-31,42H,13-20H2,1-12H3,(H,38,43)(H,39,44)(H,40,45)(H,41,46)/t25-,26-,28-,29-,30-,31-/m0/s1. The zero-order valence-electron chi connectivity index (χ0n) is 32.7. The third-order valence-electron chi connectivity index (χ3n) is 9.00. The van der Waals surface area contributed by atoms with E-state index in [9.17, 15) is 33.9 Å². The number of carbonyl (C=O) groups is 6. The number of hydrogen-bond acceptors (Lipinski definition) is 9. The lowest BCUT2D eigenvalue weighted by Crippen LogP contribution is -2.56. The summed E-state index contributed by atoms with van der Waals surface area (Å²) in [5.41, 5.74) is 0. The molecule has 6 atom stereocenters. The molecule has 0 unspecified atom stereocenters. The minimum atomic E-state index is -1.01. The third-order valence-corrected chi connectivity index (χ3v) is 9.00. The summed E-state index contributed by atoms with van der Waals surface area (Å²) in [5.74, 6) is -5.24. The van der Waals surface area contributed by atoms with Crippen molar-refractivity contribution in [3.8, 4) is 0 Å². The van der Waals surface area contributed by atoms with Crippen molar-refractivity contribution in [3.63, 3.8) is 0 Å². The van der Waals surface area contributed by atoms with Crippen LogP contribution in [0.1, 0.15) is 121 Å². The van der Waals surface area contributed by atoms with Crippen molar-refractivity contribution in [1.29, 1.82) is 0 Å². The van der Waals surface area contributed by atoms with E-state index in [0.29, 0.717) is 12.8 Å². The fourth-order valence-corrected chi connectivity index (χ4v) is 5.71. The first-order chi connectivity index (χ1) is 23.4. The minimum Gasteiger partial charge on any atom is -0.467 e. The normalized spacial score (nSPS) is 15.2. The summed E-state index contributed by atoms with van der Waals surface area (Å²) in [6, 6.07) is -3.60. The maximum absolute atomic E-state index is 13.7. The molecule has 0 aliphatic heterocycles. The van der Waals surface area contributed by atoms with Crippen LogP contribution in [0.15, 0.2) is 0 Å². The predicted octanol–water partition coefficient (Wildman–Crippen LogP) is 3.65. The molecular formula is C37H68N4O9. The summed E-state index contributed by atoms with van der Waals surface area (Å²) >= 11 is 0. The van der Waals surface area contributed by atoms with Gasteiger partial charge in [-0.05, 0) is 49.4 Å². The maximum Gasteiger partial charge on any atom is 0.328 e. The molecule has 13 nitrogen and oxygen atoms in total. The molecule has 290 valence electrons. The molecule has 0 saturated carbocycles. The van der Waals surface area contributed by atoms with Crippen molar-refractivity contribution in [2.24, 2.45) is 35.5 Å². The van der Waals surface area contributed by atoms with Gasteiger partial charge in [-0.2, -0.15) is 0 Å². The zero-order valence-corrected chi connectivity index (χ0v) is 32.7. The summed E-state index contributed by atoms with van der Waals surface area (Å²) in [7, 11) is 2.50. The zero-order chi connectivity index (χ0) is 38.7.